The molecule has 3 aromatic heterocycles. The summed E-state index contributed by atoms with van der Waals surface area (Å²) in [5.41, 5.74) is 4.10. The van der Waals surface area contributed by atoms with Crippen molar-refractivity contribution in [3.8, 4) is 33.6 Å². The van der Waals surface area contributed by atoms with E-state index in [4.69, 9.17) is 25.0 Å². The van der Waals surface area contributed by atoms with E-state index in [-0.39, 0.29) is 53.5 Å². The number of fused-ring (bicyclic) bond motifs is 3. The van der Waals surface area contributed by atoms with Gasteiger partial charge in [-0.15, -0.1) is 53.6 Å². The van der Waals surface area contributed by atoms with Crippen LogP contribution in [0.15, 0.2) is 102 Å². The normalized spacial score (nSPS) is 19.3. The SMILES string of the molecule is [2H]C([2H])([2H])c1c[c-]c(-c2ccc(C([2H])([2H])C(C)(C)C)cn2)cc1.[2H]C([2H])([2H])c1ccc2c(c1)oc1c(-c3cc(-c4ccc(C5([2H])CCCC5)cc4C([2H])([2H])[2H])c(C([2H])([2H])[2H])cn3)[c-]ccc12.[Ir]. The molecule has 7 aromatic rings. The van der Waals surface area contributed by atoms with Gasteiger partial charge in [0.2, 0.25) is 0 Å². The zero-order valence-corrected chi connectivity index (χ0v) is 31.6. The Balaban J connectivity index is 0.000000262. The second kappa shape index (κ2) is 15.7. The average molecular weight is 876 g/mol. The van der Waals surface area contributed by atoms with Gasteiger partial charge in [-0.25, -0.2) is 0 Å². The minimum Gasteiger partial charge on any atom is -0.501 e. The maximum Gasteiger partial charge on any atom is 0.121 e. The fourth-order valence-corrected chi connectivity index (χ4v) is 6.48. The Labute approximate surface area is 344 Å². The molecule has 4 heteroatoms. The van der Waals surface area contributed by atoms with Gasteiger partial charge >= 0.3 is 0 Å². The van der Waals surface area contributed by atoms with E-state index in [1.54, 1.807) is 66.7 Å². The van der Waals surface area contributed by atoms with Gasteiger partial charge in [-0.2, -0.15) is 0 Å². The van der Waals surface area contributed by atoms with E-state index < -0.39 is 45.1 Å². The summed E-state index contributed by atoms with van der Waals surface area (Å²) in [6.07, 6.45) is 4.34. The van der Waals surface area contributed by atoms with Crippen molar-refractivity contribution in [2.45, 2.75) is 86.1 Å². The summed E-state index contributed by atoms with van der Waals surface area (Å²) in [7, 11) is 0. The zero-order chi connectivity index (χ0) is 48.4. The molecule has 3 nitrogen and oxygen atoms in total. The van der Waals surface area contributed by atoms with E-state index in [0.717, 1.165) is 12.8 Å². The number of hydrogen-bond acceptors (Lipinski definition) is 3. The molecule has 0 atom stereocenters. The molecule has 0 unspecified atom stereocenters. The van der Waals surface area contributed by atoms with Gasteiger partial charge in [0.15, 0.2) is 0 Å². The number of furan rings is 1. The number of nitrogens with zero attached hydrogens (tertiary/aromatic N) is 2. The first kappa shape index (κ1) is 22.6. The van der Waals surface area contributed by atoms with Crippen LogP contribution in [0.4, 0.5) is 0 Å². The van der Waals surface area contributed by atoms with E-state index in [9.17, 15) is 0 Å². The predicted molar refractivity (Wildman–Crippen MR) is 213 cm³/mol. The molecule has 4 aromatic carbocycles. The molecule has 1 aliphatic carbocycles. The monoisotopic (exact) mass is 876 g/mol. The summed E-state index contributed by atoms with van der Waals surface area (Å²) in [6, 6.07) is 28.8. The summed E-state index contributed by atoms with van der Waals surface area (Å²) in [5.74, 6) is -0.875. The molecule has 267 valence electrons. The van der Waals surface area contributed by atoms with Crippen LogP contribution in [0.3, 0.4) is 0 Å². The quantitative estimate of drug-likeness (QED) is 0.162. The molecular weight excluding hydrogens is 813 g/mol. The average Bonchev–Trinajstić information content (AvgIpc) is 3.86. The van der Waals surface area contributed by atoms with Crippen molar-refractivity contribution in [2.75, 3.05) is 0 Å². The molecule has 1 aliphatic rings. The van der Waals surface area contributed by atoms with Gasteiger partial charge in [-0.05, 0) is 107 Å². The first-order chi connectivity index (χ1) is 30.5. The van der Waals surface area contributed by atoms with Gasteiger partial charge in [-0.1, -0.05) is 99.9 Å². The van der Waals surface area contributed by atoms with Crippen molar-refractivity contribution in [2.24, 2.45) is 5.41 Å². The fraction of sp³-hybridized carbons (Fsp3) is 0.292. The van der Waals surface area contributed by atoms with Crippen LogP contribution in [0, 0.1) is 45.0 Å². The van der Waals surface area contributed by atoms with Crippen molar-refractivity contribution >= 4 is 21.9 Å². The second-order valence-electron chi connectivity index (χ2n) is 13.9. The Hall–Kier alpha value is -4.37. The Morgan fingerprint density at radius 1 is 0.788 bits per heavy atom. The zero-order valence-electron chi connectivity index (χ0n) is 44.2. The molecular formula is C48H48IrN2O-2. The first-order valence-electron chi connectivity index (χ1n) is 24.5. The third kappa shape index (κ3) is 8.30. The predicted octanol–water partition coefficient (Wildman–Crippen LogP) is 13.1. The van der Waals surface area contributed by atoms with Crippen LogP contribution in [0.1, 0.15) is 106 Å². The molecule has 0 spiro atoms. The molecule has 0 amide bonds. The van der Waals surface area contributed by atoms with Crippen molar-refractivity contribution in [3.05, 3.63) is 143 Å². The van der Waals surface area contributed by atoms with Crippen LogP contribution in [0.25, 0.3) is 55.6 Å². The second-order valence-corrected chi connectivity index (χ2v) is 13.9. The molecule has 0 bridgehead atoms. The van der Waals surface area contributed by atoms with Crippen molar-refractivity contribution in [3.63, 3.8) is 0 Å². The smallest absolute Gasteiger partial charge is 0.121 e. The van der Waals surface area contributed by atoms with Gasteiger partial charge in [0, 0.05) is 58.4 Å². The van der Waals surface area contributed by atoms with Crippen molar-refractivity contribution in [1.82, 2.24) is 9.97 Å². The van der Waals surface area contributed by atoms with Crippen LogP contribution in [0.5, 0.6) is 0 Å². The van der Waals surface area contributed by atoms with Gasteiger partial charge < -0.3 is 14.4 Å². The number of aromatic nitrogens is 2. The van der Waals surface area contributed by atoms with Crippen molar-refractivity contribution < 1.29 is 45.1 Å². The molecule has 1 fully saturated rings. The Morgan fingerprint density at radius 2 is 1.60 bits per heavy atom. The molecule has 1 saturated carbocycles. The van der Waals surface area contributed by atoms with E-state index >= 15 is 0 Å². The number of rotatable bonds is 5. The van der Waals surface area contributed by atoms with Gasteiger partial charge in [-0.3, -0.25) is 0 Å². The third-order valence-corrected chi connectivity index (χ3v) is 8.89. The Bertz CT molecular complexity index is 2880. The van der Waals surface area contributed by atoms with Crippen molar-refractivity contribution in [1.29, 1.82) is 0 Å². The molecule has 1 radical (unpaired) electrons. The molecule has 0 saturated heterocycles. The topological polar surface area (TPSA) is 38.9 Å². The summed E-state index contributed by atoms with van der Waals surface area (Å²) in [4.78, 5) is 8.76. The fourth-order valence-electron chi connectivity index (χ4n) is 6.48. The Kier molecular flexibility index (Phi) is 6.84. The number of benzene rings is 4. The van der Waals surface area contributed by atoms with Gasteiger partial charge in [0.05, 0.1) is 5.58 Å². The molecule has 0 aliphatic heterocycles. The minimum atomic E-state index is -2.59. The number of hydrogen-bond donors (Lipinski definition) is 0. The summed E-state index contributed by atoms with van der Waals surface area (Å²) >= 11 is 0. The minimum absolute atomic E-state index is 0. The molecule has 3 heterocycles. The summed E-state index contributed by atoms with van der Waals surface area (Å²) < 4.78 is 126. The number of pyridine rings is 2. The van der Waals surface area contributed by atoms with Crippen LogP contribution in [-0.4, -0.2) is 9.97 Å². The van der Waals surface area contributed by atoms with E-state index in [0.29, 0.717) is 68.4 Å². The third-order valence-electron chi connectivity index (χ3n) is 8.89. The molecule has 0 N–H and O–H groups in total. The van der Waals surface area contributed by atoms with Gasteiger partial charge in [0.1, 0.15) is 5.58 Å². The van der Waals surface area contributed by atoms with E-state index in [1.165, 1.54) is 30.6 Å². The molecule has 52 heavy (non-hydrogen) atoms. The van der Waals surface area contributed by atoms with E-state index in [2.05, 4.69) is 22.1 Å². The largest absolute Gasteiger partial charge is 0.501 e. The molecule has 8 rings (SSSR count). The van der Waals surface area contributed by atoms with E-state index in [1.807, 2.05) is 20.8 Å². The number of aryl methyl sites for hydroxylation is 4. The standard InChI is InChI=1S/C31H28NO.C17H20N.Ir/c1-19-11-13-25-26-9-6-10-27(31(26)33-30(25)15-19)29-17-28(21(3)18-32-29)24-14-12-23(16-20(24)2)22-7-4-5-8-22;1-13-5-8-15(9-6-13)16-10-7-14(12-18-16)11-17(2,3)4;/h6,9,11-18,22H,4-5,7-8H2,1-3H3;5-8,10,12H,11H2,1-4H3;/q2*-1;/i1D3,2D3,3D3,22D;1D3,11D2;. The first-order valence-corrected chi connectivity index (χ1v) is 17.0. The van der Waals surface area contributed by atoms with Crippen LogP contribution in [0.2, 0.25) is 0 Å². The van der Waals surface area contributed by atoms with Gasteiger partial charge in [0.25, 0.3) is 0 Å². The summed E-state index contributed by atoms with van der Waals surface area (Å²) in [6.45, 7) is -4.06. The maximum atomic E-state index is 8.93. The Morgan fingerprint density at radius 3 is 2.31 bits per heavy atom. The van der Waals surface area contributed by atoms with Crippen LogP contribution >= 0.6 is 0 Å². The van der Waals surface area contributed by atoms with Crippen LogP contribution in [-0.2, 0) is 26.5 Å². The summed E-state index contributed by atoms with van der Waals surface area (Å²) in [5, 5.41) is 1.41. The van der Waals surface area contributed by atoms with Crippen LogP contribution < -0.4 is 0 Å². The maximum absolute atomic E-state index is 8.93.